The highest BCUT2D eigenvalue weighted by molar-refractivity contribution is 5.28. The van der Waals surface area contributed by atoms with E-state index in [9.17, 15) is 5.11 Å². The summed E-state index contributed by atoms with van der Waals surface area (Å²) < 4.78 is 0. The zero-order chi connectivity index (χ0) is 11.3. The average molecular weight is 207 g/mol. The predicted molar refractivity (Wildman–Crippen MR) is 63.7 cm³/mol. The van der Waals surface area contributed by atoms with Gasteiger partial charge in [-0.1, -0.05) is 38.1 Å². The molecular formula is C13H21NO. The Hall–Kier alpha value is -0.860. The number of aliphatic hydroxyl groups excluding tert-OH is 1. The van der Waals surface area contributed by atoms with E-state index in [0.29, 0.717) is 0 Å². The van der Waals surface area contributed by atoms with E-state index >= 15 is 0 Å². The van der Waals surface area contributed by atoms with Crippen molar-refractivity contribution in [3.8, 4) is 0 Å². The van der Waals surface area contributed by atoms with Crippen molar-refractivity contribution in [2.24, 2.45) is 0 Å². The van der Waals surface area contributed by atoms with Crippen molar-refractivity contribution in [2.75, 3.05) is 13.1 Å². The highest BCUT2D eigenvalue weighted by atomic mass is 16.3. The van der Waals surface area contributed by atoms with Crippen LogP contribution in [0.1, 0.15) is 38.0 Å². The van der Waals surface area contributed by atoms with Crippen LogP contribution < -0.4 is 0 Å². The van der Waals surface area contributed by atoms with Crippen LogP contribution in [0.3, 0.4) is 0 Å². The number of hydrogen-bond acceptors (Lipinski definition) is 2. The van der Waals surface area contributed by atoms with Crippen molar-refractivity contribution < 1.29 is 5.11 Å². The van der Waals surface area contributed by atoms with Crippen LogP contribution in [-0.2, 0) is 6.54 Å². The molecule has 0 spiro atoms. The summed E-state index contributed by atoms with van der Waals surface area (Å²) in [6.45, 7) is 9.16. The maximum atomic E-state index is 9.64. The lowest BCUT2D eigenvalue weighted by molar-refractivity contribution is 0.195. The van der Waals surface area contributed by atoms with Crippen molar-refractivity contribution in [1.29, 1.82) is 0 Å². The molecule has 2 nitrogen and oxygen atoms in total. The molecule has 1 atom stereocenters. The molecule has 0 saturated carbocycles. The van der Waals surface area contributed by atoms with Gasteiger partial charge < -0.3 is 5.11 Å². The SMILES string of the molecule is CCN(CC)Cc1ccccc1C(C)O. The molecular weight excluding hydrogens is 186 g/mol. The molecule has 0 aliphatic heterocycles. The average Bonchev–Trinajstić information content (AvgIpc) is 2.26. The first-order chi connectivity index (χ1) is 7.19. The second kappa shape index (κ2) is 5.89. The lowest BCUT2D eigenvalue weighted by Crippen LogP contribution is -2.23. The van der Waals surface area contributed by atoms with E-state index in [0.717, 1.165) is 25.2 Å². The van der Waals surface area contributed by atoms with Crippen molar-refractivity contribution in [1.82, 2.24) is 4.90 Å². The highest BCUT2D eigenvalue weighted by Crippen LogP contribution is 2.18. The summed E-state index contributed by atoms with van der Waals surface area (Å²) in [5, 5.41) is 9.64. The summed E-state index contributed by atoms with van der Waals surface area (Å²) in [5.74, 6) is 0. The summed E-state index contributed by atoms with van der Waals surface area (Å²) in [4.78, 5) is 2.35. The summed E-state index contributed by atoms with van der Waals surface area (Å²) in [6, 6.07) is 8.11. The van der Waals surface area contributed by atoms with E-state index in [4.69, 9.17) is 0 Å². The first kappa shape index (κ1) is 12.2. The third kappa shape index (κ3) is 3.33. The number of hydrogen-bond donors (Lipinski definition) is 1. The van der Waals surface area contributed by atoms with E-state index in [-0.39, 0.29) is 6.10 Å². The molecule has 1 aromatic carbocycles. The molecule has 1 unspecified atom stereocenters. The van der Waals surface area contributed by atoms with Gasteiger partial charge in [-0.25, -0.2) is 0 Å². The molecule has 0 bridgehead atoms. The molecule has 0 amide bonds. The van der Waals surface area contributed by atoms with E-state index in [1.165, 1.54) is 5.56 Å². The van der Waals surface area contributed by atoms with Gasteiger partial charge in [-0.05, 0) is 31.1 Å². The molecule has 0 aliphatic rings. The van der Waals surface area contributed by atoms with Crippen LogP contribution in [-0.4, -0.2) is 23.1 Å². The Morgan fingerprint density at radius 3 is 2.33 bits per heavy atom. The van der Waals surface area contributed by atoms with Gasteiger partial charge in [0, 0.05) is 6.54 Å². The number of aliphatic hydroxyl groups is 1. The number of nitrogens with zero attached hydrogens (tertiary/aromatic N) is 1. The van der Waals surface area contributed by atoms with Crippen LogP contribution in [0.15, 0.2) is 24.3 Å². The molecule has 0 aromatic heterocycles. The van der Waals surface area contributed by atoms with E-state index in [2.05, 4.69) is 24.8 Å². The maximum Gasteiger partial charge on any atom is 0.0765 e. The fourth-order valence-electron chi connectivity index (χ4n) is 1.77. The minimum absolute atomic E-state index is 0.378. The molecule has 84 valence electrons. The standard InChI is InChI=1S/C13H21NO/c1-4-14(5-2)10-12-8-6-7-9-13(12)11(3)15/h6-9,11,15H,4-5,10H2,1-3H3. The van der Waals surface area contributed by atoms with Crippen LogP contribution in [0.5, 0.6) is 0 Å². The summed E-state index contributed by atoms with van der Waals surface area (Å²) >= 11 is 0. The fourth-order valence-corrected chi connectivity index (χ4v) is 1.77. The summed E-state index contributed by atoms with van der Waals surface area (Å²) in [6.07, 6.45) is -0.378. The Kier molecular flexibility index (Phi) is 4.79. The summed E-state index contributed by atoms with van der Waals surface area (Å²) in [7, 11) is 0. The molecule has 0 aliphatic carbocycles. The Morgan fingerprint density at radius 1 is 1.20 bits per heavy atom. The van der Waals surface area contributed by atoms with Gasteiger partial charge >= 0.3 is 0 Å². The zero-order valence-corrected chi connectivity index (χ0v) is 9.90. The van der Waals surface area contributed by atoms with Gasteiger partial charge in [0.25, 0.3) is 0 Å². The molecule has 0 saturated heterocycles. The Morgan fingerprint density at radius 2 is 1.80 bits per heavy atom. The van der Waals surface area contributed by atoms with Gasteiger partial charge in [0.2, 0.25) is 0 Å². The van der Waals surface area contributed by atoms with Gasteiger partial charge in [-0.15, -0.1) is 0 Å². The van der Waals surface area contributed by atoms with Crippen LogP contribution >= 0.6 is 0 Å². The maximum absolute atomic E-state index is 9.64. The van der Waals surface area contributed by atoms with Gasteiger partial charge in [0.05, 0.1) is 6.10 Å². The molecule has 2 heteroatoms. The van der Waals surface area contributed by atoms with Crippen LogP contribution in [0.4, 0.5) is 0 Å². The second-order valence-electron chi connectivity index (χ2n) is 3.84. The first-order valence-electron chi connectivity index (χ1n) is 5.67. The first-order valence-corrected chi connectivity index (χ1v) is 5.67. The molecule has 0 fully saturated rings. The monoisotopic (exact) mass is 207 g/mol. The molecule has 1 N–H and O–H groups in total. The Bertz CT molecular complexity index is 292. The quantitative estimate of drug-likeness (QED) is 0.802. The Labute approximate surface area is 92.5 Å². The van der Waals surface area contributed by atoms with E-state index in [1.807, 2.05) is 25.1 Å². The lowest BCUT2D eigenvalue weighted by atomic mass is 10.0. The van der Waals surface area contributed by atoms with Crippen molar-refractivity contribution in [3.05, 3.63) is 35.4 Å². The van der Waals surface area contributed by atoms with Crippen LogP contribution in [0.25, 0.3) is 0 Å². The Balaban J connectivity index is 2.83. The third-order valence-electron chi connectivity index (χ3n) is 2.79. The lowest BCUT2D eigenvalue weighted by Gasteiger charge is -2.20. The highest BCUT2D eigenvalue weighted by Gasteiger charge is 2.09. The van der Waals surface area contributed by atoms with Crippen molar-refractivity contribution in [2.45, 2.75) is 33.4 Å². The smallest absolute Gasteiger partial charge is 0.0765 e. The normalized spacial score (nSPS) is 13.1. The van der Waals surface area contributed by atoms with Crippen LogP contribution in [0, 0.1) is 0 Å². The van der Waals surface area contributed by atoms with E-state index < -0.39 is 0 Å². The van der Waals surface area contributed by atoms with Crippen LogP contribution in [0.2, 0.25) is 0 Å². The topological polar surface area (TPSA) is 23.5 Å². The molecule has 0 heterocycles. The summed E-state index contributed by atoms with van der Waals surface area (Å²) in [5.41, 5.74) is 2.28. The minimum Gasteiger partial charge on any atom is -0.389 e. The second-order valence-corrected chi connectivity index (χ2v) is 3.84. The third-order valence-corrected chi connectivity index (χ3v) is 2.79. The fraction of sp³-hybridized carbons (Fsp3) is 0.538. The van der Waals surface area contributed by atoms with E-state index in [1.54, 1.807) is 0 Å². The largest absolute Gasteiger partial charge is 0.389 e. The number of rotatable bonds is 5. The molecule has 0 radical (unpaired) electrons. The molecule has 15 heavy (non-hydrogen) atoms. The van der Waals surface area contributed by atoms with Gasteiger partial charge in [0.15, 0.2) is 0 Å². The molecule has 1 aromatic rings. The predicted octanol–water partition coefficient (Wildman–Crippen LogP) is 2.58. The van der Waals surface area contributed by atoms with Crippen molar-refractivity contribution in [3.63, 3.8) is 0 Å². The van der Waals surface area contributed by atoms with Gasteiger partial charge in [-0.2, -0.15) is 0 Å². The zero-order valence-electron chi connectivity index (χ0n) is 9.90. The number of benzene rings is 1. The van der Waals surface area contributed by atoms with Gasteiger partial charge in [0.1, 0.15) is 0 Å². The molecule has 1 rings (SSSR count). The van der Waals surface area contributed by atoms with Crippen molar-refractivity contribution >= 4 is 0 Å². The van der Waals surface area contributed by atoms with Gasteiger partial charge in [-0.3, -0.25) is 4.90 Å². The minimum atomic E-state index is -0.378.